The molecule has 0 N–H and O–H groups in total. The van der Waals surface area contributed by atoms with Gasteiger partial charge in [0.05, 0.1) is 77.5 Å². The molecular weight excluding hydrogens is 671 g/mol. The summed E-state index contributed by atoms with van der Waals surface area (Å²) in [6, 6.07) is 13.3. The van der Waals surface area contributed by atoms with E-state index in [1.807, 2.05) is 0 Å². The molecule has 0 spiro atoms. The second-order valence-electron chi connectivity index (χ2n) is 13.9. The molecule has 49 heavy (non-hydrogen) atoms. The van der Waals surface area contributed by atoms with E-state index in [0.717, 1.165) is 45.2 Å². The van der Waals surface area contributed by atoms with Gasteiger partial charge in [0, 0.05) is 22.9 Å². The number of ether oxygens (including phenoxy) is 4. The van der Waals surface area contributed by atoms with Crippen LogP contribution in [0.3, 0.4) is 0 Å². The SMILES string of the molecule is C[N+]1(CCC(=O)OCCCCCOC(=O)CC[N+]2(C)CCCC(OC(=O)c3ccc(Cl)cc3)C2)CCCC(OC(=O)c2ccc(Cl)cc2)C1. The molecule has 268 valence electrons. The number of unbranched alkanes of at least 4 members (excludes halogenated alkanes) is 2. The largest absolute Gasteiger partial charge is 0.466 e. The molecule has 0 saturated carbocycles. The molecule has 2 aliphatic rings. The van der Waals surface area contributed by atoms with Crippen molar-refractivity contribution < 1.29 is 47.1 Å². The van der Waals surface area contributed by atoms with Crippen LogP contribution in [0.15, 0.2) is 48.5 Å². The highest BCUT2D eigenvalue weighted by Gasteiger charge is 2.35. The van der Waals surface area contributed by atoms with Crippen LogP contribution in [-0.4, -0.2) is 112 Å². The van der Waals surface area contributed by atoms with E-state index in [0.29, 0.717) is 95.2 Å². The number of hydrogen-bond acceptors (Lipinski definition) is 8. The van der Waals surface area contributed by atoms with Crippen molar-refractivity contribution in [2.75, 3.05) is 66.6 Å². The first kappa shape index (κ1) is 38.6. The lowest BCUT2D eigenvalue weighted by Gasteiger charge is -2.40. The minimum absolute atomic E-state index is 0.202. The molecule has 10 nitrogen and oxygen atoms in total. The van der Waals surface area contributed by atoms with Gasteiger partial charge in [-0.3, -0.25) is 9.59 Å². The summed E-state index contributed by atoms with van der Waals surface area (Å²) in [5, 5.41) is 1.13. The fourth-order valence-corrected chi connectivity index (χ4v) is 6.83. The molecule has 2 aromatic rings. The van der Waals surface area contributed by atoms with Crippen molar-refractivity contribution in [3.63, 3.8) is 0 Å². The van der Waals surface area contributed by atoms with Gasteiger partial charge in [0.1, 0.15) is 13.1 Å². The van der Waals surface area contributed by atoms with E-state index in [2.05, 4.69) is 14.1 Å². The van der Waals surface area contributed by atoms with E-state index in [9.17, 15) is 19.2 Å². The molecule has 0 amide bonds. The number of halogens is 2. The summed E-state index contributed by atoms with van der Waals surface area (Å²) in [7, 11) is 4.17. The Morgan fingerprint density at radius 1 is 0.633 bits per heavy atom. The van der Waals surface area contributed by atoms with Crippen molar-refractivity contribution in [1.29, 1.82) is 0 Å². The normalized spacial score (nSPS) is 23.7. The molecule has 2 fully saturated rings. The number of quaternary nitrogens is 2. The topological polar surface area (TPSA) is 105 Å². The molecular formula is C37H50Cl2N2O8+2. The summed E-state index contributed by atoms with van der Waals surface area (Å²) in [4.78, 5) is 49.9. The minimum atomic E-state index is -0.358. The van der Waals surface area contributed by atoms with Crippen molar-refractivity contribution in [3.05, 3.63) is 69.7 Å². The lowest BCUT2D eigenvalue weighted by Crippen LogP contribution is -2.54. The molecule has 2 aromatic carbocycles. The van der Waals surface area contributed by atoms with Gasteiger partial charge in [0.2, 0.25) is 0 Å². The number of esters is 4. The van der Waals surface area contributed by atoms with E-state index in [1.54, 1.807) is 48.5 Å². The van der Waals surface area contributed by atoms with Gasteiger partial charge >= 0.3 is 23.9 Å². The van der Waals surface area contributed by atoms with Crippen LogP contribution in [0.25, 0.3) is 0 Å². The second-order valence-corrected chi connectivity index (χ2v) is 14.7. The third kappa shape index (κ3) is 13.2. The number of rotatable bonds is 16. The molecule has 12 heteroatoms. The third-order valence-electron chi connectivity index (χ3n) is 9.47. The van der Waals surface area contributed by atoms with Crippen LogP contribution in [0.1, 0.15) is 78.5 Å². The van der Waals surface area contributed by atoms with Gasteiger partial charge in [0.25, 0.3) is 0 Å². The summed E-state index contributed by atoms with van der Waals surface area (Å²) in [5.41, 5.74) is 0.947. The first-order valence-corrected chi connectivity index (χ1v) is 18.1. The van der Waals surface area contributed by atoms with Crippen molar-refractivity contribution in [2.24, 2.45) is 0 Å². The fourth-order valence-electron chi connectivity index (χ4n) is 6.58. The van der Waals surface area contributed by atoms with Gasteiger partial charge in [-0.25, -0.2) is 9.59 Å². The van der Waals surface area contributed by atoms with Gasteiger partial charge in [-0.15, -0.1) is 0 Å². The second kappa shape index (κ2) is 18.7. The number of piperidine rings is 2. The van der Waals surface area contributed by atoms with E-state index >= 15 is 0 Å². The smallest absolute Gasteiger partial charge is 0.338 e. The van der Waals surface area contributed by atoms with Gasteiger partial charge in [-0.05, 0) is 80.6 Å². The molecule has 2 heterocycles. The van der Waals surface area contributed by atoms with Gasteiger partial charge in [-0.2, -0.15) is 0 Å². The Kier molecular flexibility index (Phi) is 14.7. The van der Waals surface area contributed by atoms with Crippen LogP contribution in [0.5, 0.6) is 0 Å². The van der Waals surface area contributed by atoms with Crippen LogP contribution in [0, 0.1) is 0 Å². The van der Waals surface area contributed by atoms with Gasteiger partial charge in [-0.1, -0.05) is 23.2 Å². The van der Waals surface area contributed by atoms with E-state index < -0.39 is 0 Å². The summed E-state index contributed by atoms with van der Waals surface area (Å²) in [5.74, 6) is -1.18. The number of carbonyl (C=O) groups is 4. The van der Waals surface area contributed by atoms with Crippen molar-refractivity contribution >= 4 is 47.1 Å². The number of benzene rings is 2. The zero-order valence-electron chi connectivity index (χ0n) is 28.7. The zero-order valence-corrected chi connectivity index (χ0v) is 30.2. The monoisotopic (exact) mass is 720 g/mol. The molecule has 2 aliphatic heterocycles. The molecule has 2 saturated heterocycles. The van der Waals surface area contributed by atoms with Crippen LogP contribution in [-0.2, 0) is 28.5 Å². The maximum atomic E-state index is 12.5. The highest BCUT2D eigenvalue weighted by Crippen LogP contribution is 2.23. The van der Waals surface area contributed by atoms with Gasteiger partial charge < -0.3 is 27.9 Å². The number of likely N-dealkylation sites (N-methyl/N-ethyl adjacent to an activating group) is 2. The van der Waals surface area contributed by atoms with Crippen LogP contribution in [0.2, 0.25) is 10.0 Å². The Hall–Kier alpha value is -3.18. The van der Waals surface area contributed by atoms with Crippen molar-refractivity contribution in [1.82, 2.24) is 0 Å². The van der Waals surface area contributed by atoms with E-state index in [4.69, 9.17) is 42.1 Å². The molecule has 4 rings (SSSR count). The van der Waals surface area contributed by atoms with E-state index in [-0.39, 0.29) is 36.1 Å². The Labute approximate surface area is 299 Å². The predicted octanol–water partition coefficient (Wildman–Crippen LogP) is 6.26. The average molecular weight is 722 g/mol. The first-order valence-electron chi connectivity index (χ1n) is 17.3. The van der Waals surface area contributed by atoms with Crippen molar-refractivity contribution in [3.8, 4) is 0 Å². The number of hydrogen-bond donors (Lipinski definition) is 0. The highest BCUT2D eigenvalue weighted by molar-refractivity contribution is 6.31. The zero-order chi connectivity index (χ0) is 35.3. The minimum Gasteiger partial charge on any atom is -0.466 e. The summed E-state index contributed by atoms with van der Waals surface area (Å²) >= 11 is 11.8. The maximum Gasteiger partial charge on any atom is 0.338 e. The number of likely N-dealkylation sites (tertiary alicyclic amines) is 2. The summed E-state index contributed by atoms with van der Waals surface area (Å²) < 4.78 is 23.7. The highest BCUT2D eigenvalue weighted by atomic mass is 35.5. The fraction of sp³-hybridized carbons (Fsp3) is 0.568. The molecule has 0 radical (unpaired) electrons. The molecule has 4 unspecified atom stereocenters. The molecule has 0 aliphatic carbocycles. The van der Waals surface area contributed by atoms with E-state index in [1.165, 1.54) is 0 Å². The average Bonchev–Trinajstić information content (AvgIpc) is 3.07. The van der Waals surface area contributed by atoms with Crippen LogP contribution in [0.4, 0.5) is 0 Å². The lowest BCUT2D eigenvalue weighted by molar-refractivity contribution is -0.916. The Morgan fingerprint density at radius 3 is 1.41 bits per heavy atom. The van der Waals surface area contributed by atoms with Crippen LogP contribution >= 0.6 is 23.2 Å². The number of carbonyl (C=O) groups excluding carboxylic acids is 4. The molecule has 4 atom stereocenters. The standard InChI is InChI=1S/C37H50Cl2N2O8/c1-40(20-6-8-32(26-40)48-36(44)28-10-14-30(38)15-11-28)22-18-34(42)46-24-4-3-5-25-47-35(43)19-23-41(2)21-7-9-33(27-41)49-37(45)29-12-16-31(39)17-13-29/h10-17,32-33H,3-9,18-27H2,1-2H3/q+2. The first-order chi connectivity index (χ1) is 23.4. The van der Waals surface area contributed by atoms with Gasteiger partial charge in [0.15, 0.2) is 12.2 Å². The Bertz CT molecular complexity index is 1300. The van der Waals surface area contributed by atoms with Crippen LogP contribution < -0.4 is 0 Å². The third-order valence-corrected chi connectivity index (χ3v) is 9.97. The lowest BCUT2D eigenvalue weighted by atomic mass is 10.1. The Balaban J connectivity index is 1.03. The molecule has 0 bridgehead atoms. The molecule has 0 aromatic heterocycles. The summed E-state index contributed by atoms with van der Waals surface area (Å²) in [6.45, 7) is 5.05. The Morgan fingerprint density at radius 2 is 1.02 bits per heavy atom. The maximum absolute atomic E-state index is 12.5. The summed E-state index contributed by atoms with van der Waals surface area (Å²) in [6.07, 6.45) is 5.80. The predicted molar refractivity (Wildman–Crippen MR) is 186 cm³/mol. The number of nitrogens with zero attached hydrogens (tertiary/aromatic N) is 2. The van der Waals surface area contributed by atoms with Crippen molar-refractivity contribution in [2.45, 2.75) is 70.0 Å². The quantitative estimate of drug-likeness (QED) is 0.0866.